The van der Waals surface area contributed by atoms with E-state index in [2.05, 4.69) is 0 Å². The Kier molecular flexibility index (Phi) is 4.93. The van der Waals surface area contributed by atoms with E-state index in [4.69, 9.17) is 0 Å². The lowest BCUT2D eigenvalue weighted by Crippen LogP contribution is -2.66. The van der Waals surface area contributed by atoms with E-state index in [-0.39, 0.29) is 12.6 Å². The number of alkyl halides is 6. The average molecular weight is 342 g/mol. The predicted molar refractivity (Wildman–Crippen MR) is 73.3 cm³/mol. The first-order valence-electron chi connectivity index (χ1n) is 6.49. The van der Waals surface area contributed by atoms with E-state index in [0.717, 1.165) is 22.0 Å². The molecule has 0 heterocycles. The monoisotopic (exact) mass is 342 g/mol. The third kappa shape index (κ3) is 3.89. The summed E-state index contributed by atoms with van der Waals surface area (Å²) in [6, 6.07) is 1.32. The average Bonchev–Trinajstić information content (AvgIpc) is 2.32. The van der Waals surface area contributed by atoms with E-state index in [1.54, 1.807) is 20.8 Å². The topological polar surface area (TPSA) is 41.1 Å². The Labute approximate surface area is 129 Å². The van der Waals surface area contributed by atoms with Crippen LogP contribution in [0.4, 0.5) is 36.8 Å². The minimum atomic E-state index is -5.69. The fraction of sp³-hybridized carbons (Fsp3) is 0.500. The number of halogens is 6. The number of amides is 2. The lowest BCUT2D eigenvalue weighted by Gasteiger charge is -2.34. The van der Waals surface area contributed by atoms with E-state index >= 15 is 0 Å². The van der Waals surface area contributed by atoms with E-state index in [9.17, 15) is 31.1 Å². The molecule has 0 radical (unpaired) electrons. The van der Waals surface area contributed by atoms with Crippen molar-refractivity contribution < 1.29 is 31.1 Å². The van der Waals surface area contributed by atoms with Crippen molar-refractivity contribution in [3.8, 4) is 0 Å². The number of nitrogens with one attached hydrogen (secondary N) is 2. The van der Waals surface area contributed by atoms with Gasteiger partial charge in [0, 0.05) is 5.69 Å². The Morgan fingerprint density at radius 1 is 0.913 bits per heavy atom. The van der Waals surface area contributed by atoms with Gasteiger partial charge in [-0.2, -0.15) is 26.3 Å². The summed E-state index contributed by atoms with van der Waals surface area (Å²) in [5.74, 6) is 0. The van der Waals surface area contributed by atoms with Gasteiger partial charge in [-0.1, -0.05) is 0 Å². The molecule has 2 amide bonds. The zero-order valence-corrected chi connectivity index (χ0v) is 12.8. The van der Waals surface area contributed by atoms with Gasteiger partial charge in [0.1, 0.15) is 0 Å². The van der Waals surface area contributed by atoms with E-state index in [0.29, 0.717) is 0 Å². The molecule has 0 spiro atoms. The highest BCUT2D eigenvalue weighted by Crippen LogP contribution is 2.42. The van der Waals surface area contributed by atoms with Crippen LogP contribution in [0.5, 0.6) is 0 Å². The number of carbonyl (C=O) groups excluding carboxylic acids is 1. The summed E-state index contributed by atoms with van der Waals surface area (Å²) in [6.07, 6.45) is -11.4. The molecule has 0 aliphatic carbocycles. The second-order valence-corrected chi connectivity index (χ2v) is 5.43. The molecule has 1 aromatic carbocycles. The molecule has 23 heavy (non-hydrogen) atoms. The first-order chi connectivity index (χ1) is 10.2. The molecule has 0 bridgehead atoms. The van der Waals surface area contributed by atoms with Crippen LogP contribution in [0.15, 0.2) is 12.1 Å². The molecular formula is C14H16F6N2O. The number of hydrogen-bond donors (Lipinski definition) is 2. The first-order valence-corrected chi connectivity index (χ1v) is 6.49. The second-order valence-electron chi connectivity index (χ2n) is 5.43. The van der Waals surface area contributed by atoms with Crippen molar-refractivity contribution in [3.63, 3.8) is 0 Å². The van der Waals surface area contributed by atoms with Gasteiger partial charge >= 0.3 is 18.4 Å². The van der Waals surface area contributed by atoms with Gasteiger partial charge in [-0.15, -0.1) is 0 Å². The fourth-order valence-corrected chi connectivity index (χ4v) is 1.80. The largest absolute Gasteiger partial charge is 0.420 e. The summed E-state index contributed by atoms with van der Waals surface area (Å²) in [5, 5.41) is 2.98. The maximum absolute atomic E-state index is 12.7. The molecule has 0 aliphatic heterocycles. The Hall–Kier alpha value is -1.93. The SMILES string of the molecule is Cc1cc(NC(=O)NC(C)(C(F)(F)F)C(F)(F)F)cc(C)c1C. The summed E-state index contributed by atoms with van der Waals surface area (Å²) in [6.45, 7) is 5.10. The molecule has 0 fully saturated rings. The Morgan fingerprint density at radius 2 is 1.30 bits per heavy atom. The minimum Gasteiger partial charge on any atom is -0.316 e. The van der Waals surface area contributed by atoms with Gasteiger partial charge in [0.15, 0.2) is 0 Å². The number of aryl methyl sites for hydroxylation is 2. The molecule has 3 nitrogen and oxygen atoms in total. The van der Waals surface area contributed by atoms with Crippen molar-refractivity contribution in [1.29, 1.82) is 0 Å². The summed E-state index contributed by atoms with van der Waals surface area (Å²) in [7, 11) is 0. The third-order valence-corrected chi connectivity index (χ3v) is 3.68. The molecule has 2 N–H and O–H groups in total. The second kappa shape index (κ2) is 5.93. The van der Waals surface area contributed by atoms with Gasteiger partial charge in [-0.25, -0.2) is 4.79 Å². The molecule has 0 aromatic heterocycles. The first kappa shape index (κ1) is 19.1. The van der Waals surface area contributed by atoms with E-state index in [1.807, 2.05) is 5.32 Å². The Morgan fingerprint density at radius 3 is 1.65 bits per heavy atom. The van der Waals surface area contributed by atoms with E-state index in [1.165, 1.54) is 12.1 Å². The third-order valence-electron chi connectivity index (χ3n) is 3.68. The molecule has 1 aromatic rings. The van der Waals surface area contributed by atoms with Crippen LogP contribution >= 0.6 is 0 Å². The minimum absolute atomic E-state index is 0.106. The van der Waals surface area contributed by atoms with Crippen molar-refractivity contribution in [2.75, 3.05) is 5.32 Å². The fourth-order valence-electron chi connectivity index (χ4n) is 1.80. The van der Waals surface area contributed by atoms with Gasteiger partial charge < -0.3 is 10.6 Å². The molecule has 0 unspecified atom stereocenters. The van der Waals surface area contributed by atoms with Crippen LogP contribution in [0.2, 0.25) is 0 Å². The standard InChI is InChI=1S/C14H16F6N2O/c1-7-5-10(6-8(2)9(7)3)21-11(23)22-12(4,13(15,16)17)14(18,19)20/h5-6H,1-4H3,(H2,21,22,23). The highest BCUT2D eigenvalue weighted by molar-refractivity contribution is 5.90. The number of anilines is 1. The summed E-state index contributed by atoms with van der Waals surface area (Å²) in [4.78, 5) is 11.6. The number of benzene rings is 1. The smallest absolute Gasteiger partial charge is 0.316 e. The van der Waals surface area contributed by atoms with Gasteiger partial charge in [0.25, 0.3) is 0 Å². The van der Waals surface area contributed by atoms with Crippen molar-refractivity contribution >= 4 is 11.7 Å². The number of hydrogen-bond acceptors (Lipinski definition) is 1. The van der Waals surface area contributed by atoms with Crippen molar-refractivity contribution in [2.24, 2.45) is 0 Å². The van der Waals surface area contributed by atoms with Crippen LogP contribution < -0.4 is 10.6 Å². The van der Waals surface area contributed by atoms with Crippen LogP contribution in [-0.2, 0) is 0 Å². The zero-order valence-electron chi connectivity index (χ0n) is 12.8. The normalized spacial score (nSPS) is 13.0. The van der Waals surface area contributed by atoms with Gasteiger partial charge in [-0.3, -0.25) is 0 Å². The molecule has 130 valence electrons. The highest BCUT2D eigenvalue weighted by atomic mass is 19.4. The van der Waals surface area contributed by atoms with Crippen LogP contribution in [-0.4, -0.2) is 23.9 Å². The molecule has 0 atom stereocenters. The molecule has 0 saturated heterocycles. The van der Waals surface area contributed by atoms with Crippen LogP contribution in [0.1, 0.15) is 23.6 Å². The van der Waals surface area contributed by atoms with Gasteiger partial charge in [0.2, 0.25) is 5.54 Å². The lowest BCUT2D eigenvalue weighted by atomic mass is 10.0. The predicted octanol–water partition coefficient (Wildman–Crippen LogP) is 4.62. The maximum Gasteiger partial charge on any atom is 0.420 e. The molecular weight excluding hydrogens is 326 g/mol. The number of rotatable bonds is 2. The Bertz CT molecular complexity index is 569. The Balaban J connectivity index is 3.03. The number of carbonyl (C=O) groups is 1. The molecule has 9 heteroatoms. The molecule has 0 saturated carbocycles. The van der Waals surface area contributed by atoms with Gasteiger partial charge in [-0.05, 0) is 56.5 Å². The van der Waals surface area contributed by atoms with Crippen molar-refractivity contribution in [3.05, 3.63) is 28.8 Å². The maximum atomic E-state index is 12.7. The summed E-state index contributed by atoms with van der Waals surface area (Å²) >= 11 is 0. The molecule has 1 rings (SSSR count). The quantitative estimate of drug-likeness (QED) is 0.757. The summed E-state index contributed by atoms with van der Waals surface area (Å²) < 4.78 is 76.3. The summed E-state index contributed by atoms with van der Waals surface area (Å²) in [5.41, 5.74) is -1.84. The van der Waals surface area contributed by atoms with E-state index < -0.39 is 23.9 Å². The van der Waals surface area contributed by atoms with Gasteiger partial charge in [0.05, 0.1) is 0 Å². The lowest BCUT2D eigenvalue weighted by molar-refractivity contribution is -0.297. The van der Waals surface area contributed by atoms with Crippen LogP contribution in [0.3, 0.4) is 0 Å². The van der Waals surface area contributed by atoms with Crippen LogP contribution in [0.25, 0.3) is 0 Å². The molecule has 0 aliphatic rings. The van der Waals surface area contributed by atoms with Crippen molar-refractivity contribution in [2.45, 2.75) is 45.6 Å². The highest BCUT2D eigenvalue weighted by Gasteiger charge is 2.68. The van der Waals surface area contributed by atoms with Crippen LogP contribution in [0, 0.1) is 20.8 Å². The van der Waals surface area contributed by atoms with Crippen molar-refractivity contribution in [1.82, 2.24) is 5.32 Å². The number of urea groups is 1. The zero-order chi connectivity index (χ0) is 18.2.